The maximum absolute atomic E-state index is 13.4. The fourth-order valence-electron chi connectivity index (χ4n) is 1.15. The lowest BCUT2D eigenvalue weighted by Crippen LogP contribution is -2.22. The van der Waals surface area contributed by atoms with Crippen LogP contribution in [0.5, 0.6) is 0 Å². The second-order valence-electron chi connectivity index (χ2n) is 3.00. The van der Waals surface area contributed by atoms with Crippen LogP contribution in [0.3, 0.4) is 0 Å². The van der Waals surface area contributed by atoms with Crippen molar-refractivity contribution in [2.24, 2.45) is 0 Å². The molecule has 0 atom stereocenters. The Hall–Kier alpha value is -2.02. The minimum atomic E-state index is -1.08. The van der Waals surface area contributed by atoms with E-state index in [1.807, 2.05) is 0 Å². The zero-order valence-corrected chi connectivity index (χ0v) is 8.14. The van der Waals surface area contributed by atoms with Gasteiger partial charge in [-0.25, -0.2) is 0 Å². The van der Waals surface area contributed by atoms with Crippen LogP contribution in [-0.4, -0.2) is 22.5 Å². The van der Waals surface area contributed by atoms with Gasteiger partial charge in [0.25, 0.3) is 0 Å². The Kier molecular flexibility index (Phi) is 3.90. The molecule has 0 unspecified atom stereocenters. The number of rotatable bonds is 5. The number of carbonyl (C=O) groups is 1. The molecular formula is C9H9FN2O4. The molecule has 1 rings (SSSR count). The first kappa shape index (κ1) is 12.1. The number of carboxylic acids is 1. The number of nitro groups is 1. The summed E-state index contributed by atoms with van der Waals surface area (Å²) in [4.78, 5) is 19.8. The van der Waals surface area contributed by atoms with Crippen molar-refractivity contribution in [1.82, 2.24) is 5.32 Å². The van der Waals surface area contributed by atoms with Crippen LogP contribution < -0.4 is 5.32 Å². The number of nitro benzene ring substituents is 1. The lowest BCUT2D eigenvalue weighted by atomic mass is 10.2. The molecule has 86 valence electrons. The quantitative estimate of drug-likeness (QED) is 0.577. The highest BCUT2D eigenvalue weighted by atomic mass is 19.1. The average Bonchev–Trinajstić information content (AvgIpc) is 2.19. The molecular weight excluding hydrogens is 219 g/mol. The van der Waals surface area contributed by atoms with Gasteiger partial charge in [-0.05, 0) is 0 Å². The molecule has 0 aliphatic carbocycles. The fraction of sp³-hybridized carbons (Fsp3) is 0.222. The Morgan fingerprint density at radius 3 is 2.81 bits per heavy atom. The molecule has 0 saturated carbocycles. The number of carboxylic acid groups (broad SMARTS) is 1. The van der Waals surface area contributed by atoms with Crippen molar-refractivity contribution in [3.8, 4) is 0 Å². The van der Waals surface area contributed by atoms with E-state index in [1.54, 1.807) is 0 Å². The van der Waals surface area contributed by atoms with Gasteiger partial charge in [-0.2, -0.15) is 4.39 Å². The smallest absolute Gasteiger partial charge is 0.317 e. The van der Waals surface area contributed by atoms with Crippen LogP contribution in [0.2, 0.25) is 0 Å². The zero-order chi connectivity index (χ0) is 12.1. The van der Waals surface area contributed by atoms with E-state index in [1.165, 1.54) is 12.1 Å². The molecule has 0 bridgehead atoms. The minimum absolute atomic E-state index is 0.0652. The first-order valence-electron chi connectivity index (χ1n) is 4.36. The largest absolute Gasteiger partial charge is 0.480 e. The molecule has 1 aromatic carbocycles. The Balaban J connectivity index is 2.77. The summed E-state index contributed by atoms with van der Waals surface area (Å²) in [5.74, 6) is -2.02. The second-order valence-corrected chi connectivity index (χ2v) is 3.00. The van der Waals surface area contributed by atoms with E-state index < -0.39 is 22.4 Å². The van der Waals surface area contributed by atoms with Gasteiger partial charge in [0.1, 0.15) is 0 Å². The van der Waals surface area contributed by atoms with Gasteiger partial charge < -0.3 is 10.4 Å². The molecule has 0 aromatic heterocycles. The van der Waals surface area contributed by atoms with Gasteiger partial charge in [0.15, 0.2) is 0 Å². The first-order chi connectivity index (χ1) is 7.52. The molecule has 7 heteroatoms. The molecule has 0 aliphatic rings. The van der Waals surface area contributed by atoms with Crippen LogP contribution in [0.1, 0.15) is 5.56 Å². The SMILES string of the molecule is O=C(O)CNCc1cccc([N+](=O)[O-])c1F. The highest BCUT2D eigenvalue weighted by Crippen LogP contribution is 2.19. The van der Waals surface area contributed by atoms with Gasteiger partial charge in [-0.3, -0.25) is 14.9 Å². The van der Waals surface area contributed by atoms with Gasteiger partial charge in [-0.1, -0.05) is 12.1 Å². The maximum Gasteiger partial charge on any atom is 0.317 e. The van der Waals surface area contributed by atoms with Gasteiger partial charge in [0.05, 0.1) is 11.5 Å². The van der Waals surface area contributed by atoms with Crippen molar-refractivity contribution in [3.05, 3.63) is 39.7 Å². The number of halogens is 1. The van der Waals surface area contributed by atoms with Crippen LogP contribution in [0.25, 0.3) is 0 Å². The average molecular weight is 228 g/mol. The number of nitrogens with zero attached hydrogens (tertiary/aromatic N) is 1. The van der Waals surface area contributed by atoms with Crippen molar-refractivity contribution < 1.29 is 19.2 Å². The Labute approximate surface area is 89.9 Å². The Morgan fingerprint density at radius 1 is 1.56 bits per heavy atom. The zero-order valence-electron chi connectivity index (χ0n) is 8.14. The third-order valence-electron chi connectivity index (χ3n) is 1.85. The summed E-state index contributed by atoms with van der Waals surface area (Å²) in [6.45, 7) is -0.401. The van der Waals surface area contributed by atoms with Crippen molar-refractivity contribution >= 4 is 11.7 Å². The molecule has 0 fully saturated rings. The van der Waals surface area contributed by atoms with Gasteiger partial charge in [-0.15, -0.1) is 0 Å². The maximum atomic E-state index is 13.4. The molecule has 0 aliphatic heterocycles. The van der Waals surface area contributed by atoms with Gasteiger partial charge >= 0.3 is 11.7 Å². The van der Waals surface area contributed by atoms with E-state index in [0.717, 1.165) is 6.07 Å². The molecule has 1 aromatic rings. The number of hydrogen-bond acceptors (Lipinski definition) is 4. The van der Waals surface area contributed by atoms with E-state index in [0.29, 0.717) is 0 Å². The number of benzene rings is 1. The summed E-state index contributed by atoms with van der Waals surface area (Å²) in [5, 5.41) is 21.2. The van der Waals surface area contributed by atoms with E-state index in [2.05, 4.69) is 5.32 Å². The number of hydrogen-bond donors (Lipinski definition) is 2. The lowest BCUT2D eigenvalue weighted by molar-refractivity contribution is -0.387. The van der Waals surface area contributed by atoms with E-state index in [9.17, 15) is 19.3 Å². The van der Waals surface area contributed by atoms with Crippen LogP contribution >= 0.6 is 0 Å². The molecule has 0 spiro atoms. The predicted octanol–water partition coefficient (Wildman–Crippen LogP) is 0.908. The van der Waals surface area contributed by atoms with Crippen LogP contribution in [0.15, 0.2) is 18.2 Å². The van der Waals surface area contributed by atoms with Crippen molar-refractivity contribution in [3.63, 3.8) is 0 Å². The van der Waals surface area contributed by atoms with Gasteiger partial charge in [0, 0.05) is 18.2 Å². The van der Waals surface area contributed by atoms with Crippen LogP contribution in [-0.2, 0) is 11.3 Å². The molecule has 2 N–H and O–H groups in total. The standard InChI is InChI=1S/C9H9FN2O4/c10-9-6(4-11-5-8(13)14)2-1-3-7(9)12(15)16/h1-3,11H,4-5H2,(H,13,14). The third kappa shape index (κ3) is 2.99. The van der Waals surface area contributed by atoms with Crippen LogP contribution in [0, 0.1) is 15.9 Å². The molecule has 6 nitrogen and oxygen atoms in total. The number of aliphatic carboxylic acids is 1. The van der Waals surface area contributed by atoms with Gasteiger partial charge in [0.2, 0.25) is 5.82 Å². The predicted molar refractivity (Wildman–Crippen MR) is 52.4 cm³/mol. The summed E-state index contributed by atoms with van der Waals surface area (Å²) in [5.41, 5.74) is -0.551. The van der Waals surface area contributed by atoms with Crippen molar-refractivity contribution in [1.29, 1.82) is 0 Å². The molecule has 0 radical (unpaired) electrons. The topological polar surface area (TPSA) is 92.5 Å². The summed E-state index contributed by atoms with van der Waals surface area (Å²) in [6, 6.07) is 3.76. The Bertz CT molecular complexity index is 422. The number of nitrogens with one attached hydrogen (secondary N) is 1. The monoisotopic (exact) mass is 228 g/mol. The normalized spacial score (nSPS) is 10.1. The lowest BCUT2D eigenvalue weighted by Gasteiger charge is -2.03. The Morgan fingerprint density at radius 2 is 2.25 bits per heavy atom. The minimum Gasteiger partial charge on any atom is -0.480 e. The van der Waals surface area contributed by atoms with Crippen LogP contribution in [0.4, 0.5) is 10.1 Å². The highest BCUT2D eigenvalue weighted by molar-refractivity contribution is 5.69. The molecule has 0 saturated heterocycles. The van der Waals surface area contributed by atoms with E-state index in [-0.39, 0.29) is 18.7 Å². The first-order valence-corrected chi connectivity index (χ1v) is 4.36. The van der Waals surface area contributed by atoms with Crippen molar-refractivity contribution in [2.75, 3.05) is 6.54 Å². The molecule has 16 heavy (non-hydrogen) atoms. The molecule has 0 heterocycles. The summed E-state index contributed by atoms with van der Waals surface area (Å²) >= 11 is 0. The molecule has 0 amide bonds. The summed E-state index contributed by atoms with van der Waals surface area (Å²) in [6.07, 6.45) is 0. The van der Waals surface area contributed by atoms with E-state index >= 15 is 0 Å². The summed E-state index contributed by atoms with van der Waals surface area (Å²) < 4.78 is 13.4. The summed E-state index contributed by atoms with van der Waals surface area (Å²) in [7, 11) is 0. The van der Waals surface area contributed by atoms with Crippen molar-refractivity contribution in [2.45, 2.75) is 6.54 Å². The third-order valence-corrected chi connectivity index (χ3v) is 1.85. The highest BCUT2D eigenvalue weighted by Gasteiger charge is 2.16. The fourth-order valence-corrected chi connectivity index (χ4v) is 1.15. The second kappa shape index (κ2) is 5.17. The van der Waals surface area contributed by atoms with E-state index in [4.69, 9.17) is 5.11 Å².